The first-order valence-electron chi connectivity index (χ1n) is 6.47. The fraction of sp³-hybridized carbons (Fsp3) is 0. The summed E-state index contributed by atoms with van der Waals surface area (Å²) >= 11 is 6.11. The van der Waals surface area contributed by atoms with E-state index in [-0.39, 0.29) is 5.91 Å². The summed E-state index contributed by atoms with van der Waals surface area (Å²) in [4.78, 5) is 12.1. The Kier molecular flexibility index (Phi) is 2.59. The monoisotopic (exact) mass is 295 g/mol. The second-order valence-electron chi connectivity index (χ2n) is 4.89. The molecule has 1 aromatic heterocycles. The number of rotatable bonds is 1. The van der Waals surface area contributed by atoms with E-state index < -0.39 is 0 Å². The maximum absolute atomic E-state index is 12.1. The molecule has 4 nitrogen and oxygen atoms in total. The first kappa shape index (κ1) is 12.2. The zero-order valence-electron chi connectivity index (χ0n) is 10.9. The molecule has 0 saturated carbocycles. The van der Waals surface area contributed by atoms with Crippen molar-refractivity contribution < 1.29 is 4.79 Å². The number of aromatic nitrogens is 2. The van der Waals surface area contributed by atoms with Gasteiger partial charge >= 0.3 is 0 Å². The fourth-order valence-electron chi connectivity index (χ4n) is 2.53. The maximum Gasteiger partial charge on any atom is 0.256 e. The summed E-state index contributed by atoms with van der Waals surface area (Å²) in [5.41, 5.74) is 4.00. The molecule has 1 aliphatic heterocycles. The molecule has 0 aliphatic carbocycles. The maximum atomic E-state index is 12.1. The van der Waals surface area contributed by atoms with E-state index in [4.69, 9.17) is 11.6 Å². The van der Waals surface area contributed by atoms with Crippen LogP contribution in [0.2, 0.25) is 5.02 Å². The molecule has 1 aliphatic rings. The SMILES string of the molecule is O=C1Nc2c(Cl)cccc2/C1=C\c1ccc2cn[nH]c2c1. The van der Waals surface area contributed by atoms with Crippen molar-refractivity contribution >= 4 is 45.7 Å². The van der Waals surface area contributed by atoms with Crippen LogP contribution in [0.15, 0.2) is 42.6 Å². The van der Waals surface area contributed by atoms with Gasteiger partial charge in [-0.05, 0) is 23.8 Å². The highest BCUT2D eigenvalue weighted by atomic mass is 35.5. The Morgan fingerprint density at radius 2 is 2.10 bits per heavy atom. The summed E-state index contributed by atoms with van der Waals surface area (Å²) in [5, 5.41) is 11.3. The minimum Gasteiger partial charge on any atom is -0.320 e. The second-order valence-corrected chi connectivity index (χ2v) is 5.30. The zero-order chi connectivity index (χ0) is 14.4. The minimum atomic E-state index is -0.136. The molecular formula is C16H10ClN3O. The van der Waals surface area contributed by atoms with Gasteiger partial charge in [0.1, 0.15) is 0 Å². The van der Waals surface area contributed by atoms with Crippen LogP contribution in [0, 0.1) is 0 Å². The van der Waals surface area contributed by atoms with Crippen molar-refractivity contribution in [2.45, 2.75) is 0 Å². The van der Waals surface area contributed by atoms with E-state index in [2.05, 4.69) is 15.5 Å². The third kappa shape index (κ3) is 1.92. The Morgan fingerprint density at radius 1 is 1.19 bits per heavy atom. The van der Waals surface area contributed by atoms with Crippen LogP contribution in [0.1, 0.15) is 11.1 Å². The van der Waals surface area contributed by atoms with E-state index in [1.807, 2.05) is 36.4 Å². The number of carbonyl (C=O) groups is 1. The van der Waals surface area contributed by atoms with E-state index in [9.17, 15) is 4.79 Å². The summed E-state index contributed by atoms with van der Waals surface area (Å²) in [7, 11) is 0. The van der Waals surface area contributed by atoms with E-state index in [0.29, 0.717) is 16.3 Å². The molecule has 0 spiro atoms. The van der Waals surface area contributed by atoms with Crippen LogP contribution in [0.25, 0.3) is 22.6 Å². The number of benzene rings is 2. The number of halogens is 1. The number of amides is 1. The molecule has 2 aromatic carbocycles. The molecule has 102 valence electrons. The molecule has 5 heteroatoms. The molecule has 21 heavy (non-hydrogen) atoms. The van der Waals surface area contributed by atoms with E-state index in [0.717, 1.165) is 22.0 Å². The molecule has 0 unspecified atom stereocenters. The highest BCUT2D eigenvalue weighted by Gasteiger charge is 2.25. The standard InChI is InChI=1S/C16H10ClN3O/c17-13-3-1-2-11-12(16(21)19-15(11)13)6-9-4-5-10-8-18-20-14(10)7-9/h1-8H,(H,18,20)(H,19,21)/b12-6+. The molecule has 0 radical (unpaired) electrons. The fourth-order valence-corrected chi connectivity index (χ4v) is 2.75. The van der Waals surface area contributed by atoms with Crippen LogP contribution in [0.4, 0.5) is 5.69 Å². The van der Waals surface area contributed by atoms with Gasteiger partial charge in [-0.2, -0.15) is 5.10 Å². The molecule has 0 bridgehead atoms. The first-order chi connectivity index (χ1) is 10.2. The minimum absolute atomic E-state index is 0.136. The predicted molar refractivity (Wildman–Crippen MR) is 84.0 cm³/mol. The quantitative estimate of drug-likeness (QED) is 0.672. The number of hydrogen-bond donors (Lipinski definition) is 2. The number of aromatic amines is 1. The molecule has 0 fully saturated rings. The van der Waals surface area contributed by atoms with E-state index in [1.54, 1.807) is 12.3 Å². The zero-order valence-corrected chi connectivity index (χ0v) is 11.6. The highest BCUT2D eigenvalue weighted by molar-refractivity contribution is 6.41. The van der Waals surface area contributed by atoms with Gasteiger partial charge in [-0.1, -0.05) is 35.9 Å². The van der Waals surface area contributed by atoms with Crippen LogP contribution in [-0.2, 0) is 4.79 Å². The molecule has 2 N–H and O–H groups in total. The van der Waals surface area contributed by atoms with Crippen molar-refractivity contribution in [3.05, 3.63) is 58.7 Å². The van der Waals surface area contributed by atoms with Crippen molar-refractivity contribution in [3.8, 4) is 0 Å². The van der Waals surface area contributed by atoms with Crippen molar-refractivity contribution in [3.63, 3.8) is 0 Å². The van der Waals surface area contributed by atoms with Gasteiger partial charge in [0.2, 0.25) is 0 Å². The van der Waals surface area contributed by atoms with Gasteiger partial charge in [0, 0.05) is 16.5 Å². The molecule has 3 aromatic rings. The van der Waals surface area contributed by atoms with Crippen LogP contribution in [0.5, 0.6) is 0 Å². The van der Waals surface area contributed by atoms with Crippen molar-refractivity contribution in [1.29, 1.82) is 0 Å². The van der Waals surface area contributed by atoms with Gasteiger partial charge in [-0.3, -0.25) is 9.89 Å². The second kappa shape index (κ2) is 4.46. The van der Waals surface area contributed by atoms with Gasteiger partial charge in [0.15, 0.2) is 0 Å². The van der Waals surface area contributed by atoms with Crippen LogP contribution in [0.3, 0.4) is 0 Å². The summed E-state index contributed by atoms with van der Waals surface area (Å²) < 4.78 is 0. The summed E-state index contributed by atoms with van der Waals surface area (Å²) in [6, 6.07) is 11.4. The number of carbonyl (C=O) groups excluding carboxylic acids is 1. The number of H-pyrrole nitrogens is 1. The van der Waals surface area contributed by atoms with Crippen molar-refractivity contribution in [2.75, 3.05) is 5.32 Å². The highest BCUT2D eigenvalue weighted by Crippen LogP contribution is 2.37. The normalized spacial score (nSPS) is 15.5. The number of para-hydroxylation sites is 1. The van der Waals surface area contributed by atoms with E-state index >= 15 is 0 Å². The Bertz CT molecular complexity index is 911. The van der Waals surface area contributed by atoms with Gasteiger partial charge in [-0.15, -0.1) is 0 Å². The molecule has 0 atom stereocenters. The summed E-state index contributed by atoms with van der Waals surface area (Å²) in [5.74, 6) is -0.136. The number of nitrogens with one attached hydrogen (secondary N) is 2. The Labute approximate surface area is 125 Å². The Morgan fingerprint density at radius 3 is 3.00 bits per heavy atom. The molecule has 4 rings (SSSR count). The number of anilines is 1. The average molecular weight is 296 g/mol. The first-order valence-corrected chi connectivity index (χ1v) is 6.85. The molecule has 2 heterocycles. The lowest BCUT2D eigenvalue weighted by Gasteiger charge is -2.00. The lowest BCUT2D eigenvalue weighted by Crippen LogP contribution is -2.03. The Hall–Kier alpha value is -2.59. The van der Waals surface area contributed by atoms with Crippen LogP contribution < -0.4 is 5.32 Å². The molecular weight excluding hydrogens is 286 g/mol. The predicted octanol–water partition coefficient (Wildman–Crippen LogP) is 3.71. The Balaban J connectivity index is 1.86. The third-order valence-electron chi connectivity index (χ3n) is 3.56. The molecule has 1 amide bonds. The average Bonchev–Trinajstić information content (AvgIpc) is 3.05. The lowest BCUT2D eigenvalue weighted by atomic mass is 10.0. The summed E-state index contributed by atoms with van der Waals surface area (Å²) in [6.45, 7) is 0. The van der Waals surface area contributed by atoms with Gasteiger partial charge in [0.25, 0.3) is 5.91 Å². The lowest BCUT2D eigenvalue weighted by molar-refractivity contribution is -0.110. The van der Waals surface area contributed by atoms with E-state index in [1.165, 1.54) is 0 Å². The van der Waals surface area contributed by atoms with Crippen molar-refractivity contribution in [1.82, 2.24) is 10.2 Å². The van der Waals surface area contributed by atoms with Crippen molar-refractivity contribution in [2.24, 2.45) is 0 Å². The molecule has 0 saturated heterocycles. The summed E-state index contributed by atoms with van der Waals surface area (Å²) in [6.07, 6.45) is 3.63. The topological polar surface area (TPSA) is 57.8 Å². The smallest absolute Gasteiger partial charge is 0.256 e. The third-order valence-corrected chi connectivity index (χ3v) is 3.88. The van der Waals surface area contributed by atoms with Gasteiger partial charge in [0.05, 0.1) is 22.4 Å². The van der Waals surface area contributed by atoms with Gasteiger partial charge in [-0.25, -0.2) is 0 Å². The van der Waals surface area contributed by atoms with Crippen LogP contribution in [-0.4, -0.2) is 16.1 Å². The number of hydrogen-bond acceptors (Lipinski definition) is 2. The van der Waals surface area contributed by atoms with Gasteiger partial charge < -0.3 is 5.32 Å². The van der Waals surface area contributed by atoms with Crippen LogP contribution >= 0.6 is 11.6 Å². The largest absolute Gasteiger partial charge is 0.320 e. The number of fused-ring (bicyclic) bond motifs is 2. The number of nitrogens with zero attached hydrogens (tertiary/aromatic N) is 1.